The molecule has 0 saturated heterocycles. The second-order valence-electron chi connectivity index (χ2n) is 8.52. The standard InChI is InChI=1S/C28H35N5OS/c1-4-17-34-23-12-9-21(10-13-23)19-27-31-24-20-22(30-28(29)26-8-7-18-35-26)11-14-25(24)33(27)16-15-32(5-2)6-3/h7-14,18,20H,4-6,15-17,19H2,1-3H3,(H2,29,30). The SMILES string of the molecule is CCCOc1ccc(Cc2nc3cc(N=C(N)c4cccs4)ccc3n2CCN(CC)CC)cc1. The zero-order chi connectivity index (χ0) is 24.6. The summed E-state index contributed by atoms with van der Waals surface area (Å²) in [6, 6.07) is 18.5. The second-order valence-corrected chi connectivity index (χ2v) is 9.47. The molecule has 0 fully saturated rings. The molecule has 4 rings (SSSR count). The van der Waals surface area contributed by atoms with E-state index < -0.39 is 0 Å². The van der Waals surface area contributed by atoms with Gasteiger partial charge in [-0.25, -0.2) is 9.98 Å². The van der Waals surface area contributed by atoms with Crippen molar-refractivity contribution in [3.8, 4) is 5.75 Å². The van der Waals surface area contributed by atoms with Crippen LogP contribution in [-0.2, 0) is 13.0 Å². The van der Waals surface area contributed by atoms with E-state index in [9.17, 15) is 0 Å². The Labute approximate surface area is 212 Å². The molecule has 0 saturated carbocycles. The second kappa shape index (κ2) is 12.0. The van der Waals surface area contributed by atoms with Crippen molar-refractivity contribution in [1.29, 1.82) is 0 Å². The van der Waals surface area contributed by atoms with Crippen molar-refractivity contribution in [1.82, 2.24) is 14.5 Å². The highest BCUT2D eigenvalue weighted by molar-refractivity contribution is 7.12. The van der Waals surface area contributed by atoms with Crippen LogP contribution in [-0.4, -0.2) is 46.5 Å². The molecule has 2 aromatic heterocycles. The molecule has 7 heteroatoms. The Kier molecular flexibility index (Phi) is 8.55. The van der Waals surface area contributed by atoms with Crippen molar-refractivity contribution in [2.24, 2.45) is 10.7 Å². The Hall–Kier alpha value is -3.16. The van der Waals surface area contributed by atoms with Crippen LogP contribution in [0.1, 0.15) is 43.5 Å². The van der Waals surface area contributed by atoms with Crippen LogP contribution in [0.15, 0.2) is 65.0 Å². The van der Waals surface area contributed by atoms with Gasteiger partial charge in [0.15, 0.2) is 0 Å². The summed E-state index contributed by atoms with van der Waals surface area (Å²) in [6.45, 7) is 11.2. The monoisotopic (exact) mass is 489 g/mol. The average molecular weight is 490 g/mol. The van der Waals surface area contributed by atoms with E-state index in [1.165, 1.54) is 5.56 Å². The first-order valence-electron chi connectivity index (χ1n) is 12.4. The van der Waals surface area contributed by atoms with Crippen molar-refractivity contribution in [2.75, 3.05) is 26.2 Å². The first kappa shape index (κ1) is 24.9. The summed E-state index contributed by atoms with van der Waals surface area (Å²) in [5, 5.41) is 2.01. The van der Waals surface area contributed by atoms with Crippen LogP contribution >= 0.6 is 11.3 Å². The van der Waals surface area contributed by atoms with E-state index in [0.29, 0.717) is 5.84 Å². The summed E-state index contributed by atoms with van der Waals surface area (Å²) in [5.74, 6) is 2.50. The minimum absolute atomic E-state index is 0.533. The molecule has 0 aliphatic carbocycles. The van der Waals surface area contributed by atoms with Gasteiger partial charge in [0.2, 0.25) is 0 Å². The number of aromatic nitrogens is 2. The number of nitrogens with zero attached hydrogens (tertiary/aromatic N) is 4. The predicted octanol–water partition coefficient (Wildman–Crippen LogP) is 5.86. The molecule has 0 atom stereocenters. The zero-order valence-electron chi connectivity index (χ0n) is 20.9. The van der Waals surface area contributed by atoms with Gasteiger partial charge in [0, 0.05) is 19.5 Å². The molecule has 0 aliphatic rings. The fourth-order valence-electron chi connectivity index (χ4n) is 4.13. The minimum Gasteiger partial charge on any atom is -0.494 e. The Morgan fingerprint density at radius 1 is 1.09 bits per heavy atom. The van der Waals surface area contributed by atoms with Gasteiger partial charge in [-0.2, -0.15) is 0 Å². The Balaban J connectivity index is 1.64. The quantitative estimate of drug-likeness (QED) is 0.200. The van der Waals surface area contributed by atoms with Crippen LogP contribution in [0.2, 0.25) is 0 Å². The minimum atomic E-state index is 0.533. The third-order valence-electron chi connectivity index (χ3n) is 6.13. The Bertz CT molecular complexity index is 1240. The predicted molar refractivity (Wildman–Crippen MR) is 147 cm³/mol. The largest absolute Gasteiger partial charge is 0.494 e. The third kappa shape index (κ3) is 6.29. The fraction of sp³-hybridized carbons (Fsp3) is 0.357. The maximum absolute atomic E-state index is 6.23. The van der Waals surface area contributed by atoms with Gasteiger partial charge in [0.1, 0.15) is 17.4 Å². The molecule has 2 N–H and O–H groups in total. The van der Waals surface area contributed by atoms with Gasteiger partial charge >= 0.3 is 0 Å². The number of hydrogen-bond donors (Lipinski definition) is 1. The lowest BCUT2D eigenvalue weighted by Crippen LogP contribution is -2.27. The number of amidine groups is 1. The van der Waals surface area contributed by atoms with E-state index in [2.05, 4.69) is 53.4 Å². The van der Waals surface area contributed by atoms with Crippen LogP contribution in [0.3, 0.4) is 0 Å². The topological polar surface area (TPSA) is 68.7 Å². The summed E-state index contributed by atoms with van der Waals surface area (Å²) >= 11 is 1.59. The molecule has 6 nitrogen and oxygen atoms in total. The maximum atomic E-state index is 6.23. The number of imidazole rings is 1. The van der Waals surface area contributed by atoms with Gasteiger partial charge in [-0.15, -0.1) is 11.3 Å². The highest BCUT2D eigenvalue weighted by Crippen LogP contribution is 2.25. The summed E-state index contributed by atoms with van der Waals surface area (Å²) in [4.78, 5) is 13.1. The molecular weight excluding hydrogens is 454 g/mol. The molecular formula is C28H35N5OS. The molecule has 0 amide bonds. The van der Waals surface area contributed by atoms with E-state index in [1.54, 1.807) is 11.3 Å². The van der Waals surface area contributed by atoms with Crippen molar-refractivity contribution in [3.05, 3.63) is 76.2 Å². The Morgan fingerprint density at radius 3 is 2.57 bits per heavy atom. The number of likely N-dealkylation sites (N-methyl/N-ethyl adjacent to an activating group) is 1. The first-order chi connectivity index (χ1) is 17.1. The molecule has 2 aromatic carbocycles. The van der Waals surface area contributed by atoms with Crippen LogP contribution in [0.25, 0.3) is 11.0 Å². The highest BCUT2D eigenvalue weighted by Gasteiger charge is 2.14. The van der Waals surface area contributed by atoms with Gasteiger partial charge in [-0.05, 0) is 66.9 Å². The number of nitrogens with two attached hydrogens (primary N) is 1. The lowest BCUT2D eigenvalue weighted by Gasteiger charge is -2.19. The maximum Gasteiger partial charge on any atom is 0.141 e. The van der Waals surface area contributed by atoms with E-state index in [0.717, 1.165) is 78.8 Å². The number of hydrogen-bond acceptors (Lipinski definition) is 5. The van der Waals surface area contributed by atoms with Crippen LogP contribution < -0.4 is 10.5 Å². The van der Waals surface area contributed by atoms with Gasteiger partial charge in [0.25, 0.3) is 0 Å². The normalized spacial score (nSPS) is 12.1. The number of benzene rings is 2. The summed E-state index contributed by atoms with van der Waals surface area (Å²) < 4.78 is 8.10. The summed E-state index contributed by atoms with van der Waals surface area (Å²) in [6.07, 6.45) is 1.76. The van der Waals surface area contributed by atoms with E-state index in [4.69, 9.17) is 15.5 Å². The summed E-state index contributed by atoms with van der Waals surface area (Å²) in [5.41, 5.74) is 10.3. The molecule has 0 unspecified atom stereocenters. The van der Waals surface area contributed by atoms with Gasteiger partial charge in [-0.3, -0.25) is 0 Å². The van der Waals surface area contributed by atoms with Gasteiger partial charge in [-0.1, -0.05) is 39.0 Å². The zero-order valence-corrected chi connectivity index (χ0v) is 21.7. The number of rotatable bonds is 12. The lowest BCUT2D eigenvalue weighted by molar-refractivity contribution is 0.291. The van der Waals surface area contributed by atoms with Crippen molar-refractivity contribution in [3.63, 3.8) is 0 Å². The third-order valence-corrected chi connectivity index (χ3v) is 7.02. The van der Waals surface area contributed by atoms with Crippen LogP contribution in [0, 0.1) is 0 Å². The molecule has 0 spiro atoms. The number of ether oxygens (including phenoxy) is 1. The van der Waals surface area contributed by atoms with Crippen molar-refractivity contribution in [2.45, 2.75) is 40.2 Å². The molecule has 2 heterocycles. The average Bonchev–Trinajstić information content (AvgIpc) is 3.53. The molecule has 35 heavy (non-hydrogen) atoms. The van der Waals surface area contributed by atoms with Gasteiger partial charge in [0.05, 0.1) is 28.2 Å². The molecule has 4 aromatic rings. The van der Waals surface area contributed by atoms with E-state index in [-0.39, 0.29) is 0 Å². The molecule has 0 bridgehead atoms. The lowest BCUT2D eigenvalue weighted by atomic mass is 10.1. The molecule has 184 valence electrons. The first-order valence-corrected chi connectivity index (χ1v) is 13.3. The highest BCUT2D eigenvalue weighted by atomic mass is 32.1. The van der Waals surface area contributed by atoms with Crippen molar-refractivity contribution >= 4 is 33.9 Å². The summed E-state index contributed by atoms with van der Waals surface area (Å²) in [7, 11) is 0. The number of aliphatic imine (C=N–C) groups is 1. The van der Waals surface area contributed by atoms with Gasteiger partial charge < -0.3 is 19.9 Å². The van der Waals surface area contributed by atoms with E-state index >= 15 is 0 Å². The molecule has 0 radical (unpaired) electrons. The number of fused-ring (bicyclic) bond motifs is 1. The Morgan fingerprint density at radius 2 is 1.89 bits per heavy atom. The smallest absolute Gasteiger partial charge is 0.141 e. The van der Waals surface area contributed by atoms with Crippen LogP contribution in [0.4, 0.5) is 5.69 Å². The fourth-order valence-corrected chi connectivity index (χ4v) is 4.76. The molecule has 0 aliphatic heterocycles. The number of thiophene rings is 1. The van der Waals surface area contributed by atoms with Crippen LogP contribution in [0.5, 0.6) is 5.75 Å². The van der Waals surface area contributed by atoms with E-state index in [1.807, 2.05) is 41.8 Å². The van der Waals surface area contributed by atoms with Crippen molar-refractivity contribution < 1.29 is 4.74 Å².